The third-order valence-electron chi connectivity index (χ3n) is 1.96. The molecule has 0 fully saturated rings. The van der Waals surface area contributed by atoms with Gasteiger partial charge in [-0.15, -0.1) is 0 Å². The Morgan fingerprint density at radius 2 is 2.00 bits per heavy atom. The molecule has 0 saturated carbocycles. The molecule has 1 aromatic rings. The molecule has 0 spiro atoms. The molecule has 0 radical (unpaired) electrons. The van der Waals surface area contributed by atoms with Crippen LogP contribution in [0, 0.1) is 13.8 Å². The predicted octanol–water partition coefficient (Wildman–Crippen LogP) is 1.85. The van der Waals surface area contributed by atoms with Crippen LogP contribution in [0.1, 0.15) is 25.2 Å². The van der Waals surface area contributed by atoms with Crippen molar-refractivity contribution < 1.29 is 0 Å². The molecular formula is C11H19N3. The van der Waals surface area contributed by atoms with Crippen LogP contribution in [-0.4, -0.2) is 17.1 Å². The van der Waals surface area contributed by atoms with E-state index < -0.39 is 0 Å². The van der Waals surface area contributed by atoms with Gasteiger partial charge < -0.3 is 11.1 Å². The molecule has 0 saturated heterocycles. The Hall–Kier alpha value is -1.09. The third-order valence-corrected chi connectivity index (χ3v) is 1.96. The van der Waals surface area contributed by atoms with E-state index in [-0.39, 0.29) is 5.54 Å². The minimum Gasteiger partial charge on any atom is -0.382 e. The maximum absolute atomic E-state index is 5.88. The van der Waals surface area contributed by atoms with E-state index >= 15 is 0 Å². The molecule has 0 atom stereocenters. The molecule has 3 nitrogen and oxygen atoms in total. The summed E-state index contributed by atoms with van der Waals surface area (Å²) >= 11 is 0. The summed E-state index contributed by atoms with van der Waals surface area (Å²) in [7, 11) is 0. The van der Waals surface area contributed by atoms with E-state index in [1.807, 2.05) is 39.8 Å². The van der Waals surface area contributed by atoms with Crippen LogP contribution in [0.15, 0.2) is 12.1 Å². The van der Waals surface area contributed by atoms with Gasteiger partial charge in [-0.05, 0) is 39.8 Å². The molecule has 3 heteroatoms. The zero-order chi connectivity index (χ0) is 10.8. The Morgan fingerprint density at radius 3 is 2.50 bits per heavy atom. The molecule has 0 amide bonds. The number of aryl methyl sites for hydroxylation is 2. The molecule has 0 aliphatic heterocycles. The van der Waals surface area contributed by atoms with E-state index in [4.69, 9.17) is 5.73 Å². The van der Waals surface area contributed by atoms with Crippen molar-refractivity contribution >= 4 is 5.69 Å². The number of aromatic nitrogens is 1. The topological polar surface area (TPSA) is 50.9 Å². The molecule has 0 aliphatic rings. The standard InChI is InChI=1S/C11H19N3/c1-8-5-6-10(9(2)14-8)13-7-11(3,4)12/h5-6,13H,7,12H2,1-4H3. The lowest BCUT2D eigenvalue weighted by molar-refractivity contribution is 0.549. The van der Waals surface area contributed by atoms with Crippen LogP contribution in [-0.2, 0) is 0 Å². The van der Waals surface area contributed by atoms with E-state index in [2.05, 4.69) is 10.3 Å². The number of pyridine rings is 1. The molecule has 14 heavy (non-hydrogen) atoms. The van der Waals surface area contributed by atoms with Crippen molar-refractivity contribution in [1.29, 1.82) is 0 Å². The maximum Gasteiger partial charge on any atom is 0.0606 e. The normalized spacial score (nSPS) is 11.5. The SMILES string of the molecule is Cc1ccc(NCC(C)(C)N)c(C)n1. The smallest absolute Gasteiger partial charge is 0.0606 e. The minimum atomic E-state index is -0.197. The van der Waals surface area contributed by atoms with Gasteiger partial charge in [0, 0.05) is 17.8 Å². The monoisotopic (exact) mass is 193 g/mol. The first-order valence-electron chi connectivity index (χ1n) is 4.85. The zero-order valence-electron chi connectivity index (χ0n) is 9.39. The van der Waals surface area contributed by atoms with Gasteiger partial charge in [0.05, 0.1) is 11.4 Å². The van der Waals surface area contributed by atoms with Crippen molar-refractivity contribution in [2.24, 2.45) is 5.73 Å². The molecule has 0 aliphatic carbocycles. The average Bonchev–Trinajstić information content (AvgIpc) is 2.00. The van der Waals surface area contributed by atoms with Crippen LogP contribution in [0.5, 0.6) is 0 Å². The van der Waals surface area contributed by atoms with Crippen molar-refractivity contribution in [2.45, 2.75) is 33.2 Å². The Morgan fingerprint density at radius 1 is 1.36 bits per heavy atom. The van der Waals surface area contributed by atoms with Crippen molar-refractivity contribution in [2.75, 3.05) is 11.9 Å². The molecule has 78 valence electrons. The van der Waals surface area contributed by atoms with Crippen molar-refractivity contribution in [3.8, 4) is 0 Å². The Labute approximate surface area is 85.7 Å². The van der Waals surface area contributed by atoms with Gasteiger partial charge in [0.15, 0.2) is 0 Å². The molecule has 0 bridgehead atoms. The molecule has 1 heterocycles. The van der Waals surface area contributed by atoms with Gasteiger partial charge in [-0.3, -0.25) is 4.98 Å². The number of nitrogens with one attached hydrogen (secondary N) is 1. The van der Waals surface area contributed by atoms with Gasteiger partial charge >= 0.3 is 0 Å². The largest absolute Gasteiger partial charge is 0.382 e. The molecule has 1 rings (SSSR count). The summed E-state index contributed by atoms with van der Waals surface area (Å²) in [6, 6.07) is 4.04. The van der Waals surface area contributed by atoms with Gasteiger partial charge in [0.2, 0.25) is 0 Å². The van der Waals surface area contributed by atoms with E-state index in [1.165, 1.54) is 0 Å². The van der Waals surface area contributed by atoms with Crippen molar-refractivity contribution in [1.82, 2.24) is 4.98 Å². The lowest BCUT2D eigenvalue weighted by Crippen LogP contribution is -2.39. The van der Waals surface area contributed by atoms with Crippen LogP contribution >= 0.6 is 0 Å². The summed E-state index contributed by atoms with van der Waals surface area (Å²) in [6.07, 6.45) is 0. The lowest BCUT2D eigenvalue weighted by Gasteiger charge is -2.20. The number of hydrogen-bond donors (Lipinski definition) is 2. The first kappa shape index (κ1) is 11.0. The summed E-state index contributed by atoms with van der Waals surface area (Å²) in [6.45, 7) is 8.73. The highest BCUT2D eigenvalue weighted by molar-refractivity contribution is 5.47. The van der Waals surface area contributed by atoms with Gasteiger partial charge in [-0.25, -0.2) is 0 Å². The van der Waals surface area contributed by atoms with E-state index in [9.17, 15) is 0 Å². The number of hydrogen-bond acceptors (Lipinski definition) is 3. The molecule has 0 unspecified atom stereocenters. The Bertz CT molecular complexity index is 313. The van der Waals surface area contributed by atoms with Crippen LogP contribution in [0.3, 0.4) is 0 Å². The second-order valence-corrected chi connectivity index (χ2v) is 4.43. The molecule has 1 aromatic heterocycles. The summed E-state index contributed by atoms with van der Waals surface area (Å²) in [5, 5.41) is 3.29. The molecular weight excluding hydrogens is 174 g/mol. The van der Waals surface area contributed by atoms with Crippen molar-refractivity contribution in [3.63, 3.8) is 0 Å². The van der Waals surface area contributed by atoms with E-state index in [0.717, 1.165) is 23.6 Å². The summed E-state index contributed by atoms with van der Waals surface area (Å²) < 4.78 is 0. The second-order valence-electron chi connectivity index (χ2n) is 4.43. The zero-order valence-corrected chi connectivity index (χ0v) is 9.39. The Balaban J connectivity index is 2.68. The highest BCUT2D eigenvalue weighted by Crippen LogP contribution is 2.13. The van der Waals surface area contributed by atoms with Gasteiger partial charge in [0.1, 0.15) is 0 Å². The second kappa shape index (κ2) is 3.96. The van der Waals surface area contributed by atoms with Crippen molar-refractivity contribution in [3.05, 3.63) is 23.5 Å². The molecule has 0 aromatic carbocycles. The fraction of sp³-hybridized carbons (Fsp3) is 0.545. The highest BCUT2D eigenvalue weighted by atomic mass is 14.9. The van der Waals surface area contributed by atoms with Gasteiger partial charge in [0.25, 0.3) is 0 Å². The third kappa shape index (κ3) is 3.34. The fourth-order valence-corrected chi connectivity index (χ4v) is 1.20. The number of nitrogens with zero attached hydrogens (tertiary/aromatic N) is 1. The molecule has 3 N–H and O–H groups in total. The first-order valence-corrected chi connectivity index (χ1v) is 4.85. The average molecular weight is 193 g/mol. The quantitative estimate of drug-likeness (QED) is 0.770. The van der Waals surface area contributed by atoms with Crippen LogP contribution < -0.4 is 11.1 Å². The van der Waals surface area contributed by atoms with Crippen LogP contribution in [0.2, 0.25) is 0 Å². The summed E-state index contributed by atoms with van der Waals surface area (Å²) in [5.74, 6) is 0. The number of anilines is 1. The summed E-state index contributed by atoms with van der Waals surface area (Å²) in [4.78, 5) is 4.37. The number of rotatable bonds is 3. The van der Waals surface area contributed by atoms with Gasteiger partial charge in [-0.1, -0.05) is 0 Å². The lowest BCUT2D eigenvalue weighted by atomic mass is 10.1. The highest BCUT2D eigenvalue weighted by Gasteiger charge is 2.10. The van der Waals surface area contributed by atoms with Crippen LogP contribution in [0.25, 0.3) is 0 Å². The predicted molar refractivity (Wildman–Crippen MR) is 60.5 cm³/mol. The minimum absolute atomic E-state index is 0.197. The van der Waals surface area contributed by atoms with Crippen LogP contribution in [0.4, 0.5) is 5.69 Å². The Kier molecular flexibility index (Phi) is 3.11. The summed E-state index contributed by atoms with van der Waals surface area (Å²) in [5.41, 5.74) is 8.81. The maximum atomic E-state index is 5.88. The van der Waals surface area contributed by atoms with Gasteiger partial charge in [-0.2, -0.15) is 0 Å². The fourth-order valence-electron chi connectivity index (χ4n) is 1.20. The number of nitrogens with two attached hydrogens (primary N) is 1. The first-order chi connectivity index (χ1) is 6.38. The van der Waals surface area contributed by atoms with E-state index in [0.29, 0.717) is 0 Å². The van der Waals surface area contributed by atoms with E-state index in [1.54, 1.807) is 0 Å².